The van der Waals surface area contributed by atoms with Crippen molar-refractivity contribution in [1.82, 2.24) is 0 Å². The Kier molecular flexibility index (Phi) is 10.7. The number of hydrogen-bond donors (Lipinski definition) is 4. The first-order valence-corrected chi connectivity index (χ1v) is 16.3. The summed E-state index contributed by atoms with van der Waals surface area (Å²) >= 11 is 0. The Balaban J connectivity index is 1.69. The Morgan fingerprint density at radius 2 is 1.11 bits per heavy atom. The van der Waals surface area contributed by atoms with Crippen LogP contribution in [-0.2, 0) is 37.5 Å². The average Bonchev–Trinajstić information content (AvgIpc) is 3.00. The van der Waals surface area contributed by atoms with Crippen LogP contribution in [0.25, 0.3) is 0 Å². The first-order valence-electron chi connectivity index (χ1n) is 16.3. The fourth-order valence-electron chi connectivity index (χ4n) is 6.18. The van der Waals surface area contributed by atoms with Crippen LogP contribution < -0.4 is 0 Å². The highest BCUT2D eigenvalue weighted by Crippen LogP contribution is 2.38. The second kappa shape index (κ2) is 14.2. The van der Waals surface area contributed by atoms with Gasteiger partial charge in [0, 0.05) is 18.3 Å². The number of benzene rings is 4. The zero-order valence-corrected chi connectivity index (χ0v) is 27.4. The SMILES string of the molecule is CCCCc1cc(C)c(O)c(Cc2cc(O)c(Cc3cc(C(C)(C)c4ccc(O)c(CC)c4)ccc3O)cc2CCCC)c1. The number of rotatable bonds is 13. The Morgan fingerprint density at radius 3 is 1.75 bits per heavy atom. The van der Waals surface area contributed by atoms with Gasteiger partial charge in [0.25, 0.3) is 0 Å². The van der Waals surface area contributed by atoms with Crippen LogP contribution in [0.4, 0.5) is 0 Å². The molecule has 0 bridgehead atoms. The van der Waals surface area contributed by atoms with E-state index in [0.717, 1.165) is 89.5 Å². The van der Waals surface area contributed by atoms with Gasteiger partial charge in [0.05, 0.1) is 0 Å². The molecule has 44 heavy (non-hydrogen) atoms. The van der Waals surface area contributed by atoms with Crippen molar-refractivity contribution in [3.05, 3.63) is 116 Å². The van der Waals surface area contributed by atoms with E-state index in [2.05, 4.69) is 52.0 Å². The summed E-state index contributed by atoms with van der Waals surface area (Å²) in [5.74, 6) is 1.05. The summed E-state index contributed by atoms with van der Waals surface area (Å²) in [5.41, 5.74) is 9.46. The van der Waals surface area contributed by atoms with Gasteiger partial charge in [-0.3, -0.25) is 0 Å². The number of hydrogen-bond acceptors (Lipinski definition) is 4. The minimum absolute atomic E-state index is 0.201. The quantitative estimate of drug-likeness (QED) is 0.124. The molecule has 234 valence electrons. The predicted molar refractivity (Wildman–Crippen MR) is 182 cm³/mol. The Bertz CT molecular complexity index is 1600. The van der Waals surface area contributed by atoms with Gasteiger partial charge in [0.15, 0.2) is 0 Å². The van der Waals surface area contributed by atoms with E-state index in [-0.39, 0.29) is 16.9 Å². The van der Waals surface area contributed by atoms with Gasteiger partial charge in [0.1, 0.15) is 23.0 Å². The molecule has 0 aromatic heterocycles. The first-order chi connectivity index (χ1) is 21.0. The summed E-state index contributed by atoms with van der Waals surface area (Å²) in [5, 5.41) is 43.4. The highest BCUT2D eigenvalue weighted by Gasteiger charge is 2.25. The lowest BCUT2D eigenvalue weighted by Crippen LogP contribution is -2.19. The van der Waals surface area contributed by atoms with Gasteiger partial charge in [-0.05, 0) is 113 Å². The van der Waals surface area contributed by atoms with Crippen molar-refractivity contribution in [2.24, 2.45) is 0 Å². The van der Waals surface area contributed by atoms with Gasteiger partial charge >= 0.3 is 0 Å². The van der Waals surface area contributed by atoms with Crippen molar-refractivity contribution in [3.63, 3.8) is 0 Å². The van der Waals surface area contributed by atoms with Crippen LogP contribution >= 0.6 is 0 Å². The highest BCUT2D eigenvalue weighted by atomic mass is 16.3. The van der Waals surface area contributed by atoms with Crippen LogP contribution in [0.15, 0.2) is 60.7 Å². The van der Waals surface area contributed by atoms with Crippen LogP contribution in [0.2, 0.25) is 0 Å². The van der Waals surface area contributed by atoms with E-state index in [1.165, 1.54) is 11.1 Å². The van der Waals surface area contributed by atoms with E-state index >= 15 is 0 Å². The zero-order chi connectivity index (χ0) is 32.0. The molecule has 0 aliphatic heterocycles. The number of unbranched alkanes of at least 4 members (excludes halogenated alkanes) is 2. The second-order valence-corrected chi connectivity index (χ2v) is 12.9. The monoisotopic (exact) mass is 594 g/mol. The van der Waals surface area contributed by atoms with Crippen LogP contribution in [0.5, 0.6) is 23.0 Å². The van der Waals surface area contributed by atoms with Crippen molar-refractivity contribution < 1.29 is 20.4 Å². The van der Waals surface area contributed by atoms with E-state index in [1.54, 1.807) is 12.1 Å². The molecule has 4 nitrogen and oxygen atoms in total. The van der Waals surface area contributed by atoms with Crippen LogP contribution in [0.3, 0.4) is 0 Å². The molecule has 0 radical (unpaired) electrons. The number of phenols is 4. The first kappa shape index (κ1) is 33.0. The van der Waals surface area contributed by atoms with Crippen molar-refractivity contribution in [2.45, 2.75) is 105 Å². The summed E-state index contributed by atoms with van der Waals surface area (Å²) in [6, 6.07) is 19.7. The molecular weight excluding hydrogens is 544 g/mol. The van der Waals surface area contributed by atoms with Crippen molar-refractivity contribution in [3.8, 4) is 23.0 Å². The van der Waals surface area contributed by atoms with Crippen molar-refractivity contribution >= 4 is 0 Å². The van der Waals surface area contributed by atoms with Crippen LogP contribution in [-0.4, -0.2) is 20.4 Å². The Labute approximate surface area is 264 Å². The minimum atomic E-state index is -0.357. The lowest BCUT2D eigenvalue weighted by molar-refractivity contribution is 0.460. The maximum Gasteiger partial charge on any atom is 0.122 e. The second-order valence-electron chi connectivity index (χ2n) is 12.9. The molecule has 4 heteroatoms. The van der Waals surface area contributed by atoms with Crippen LogP contribution in [0.1, 0.15) is 116 Å². The lowest BCUT2D eigenvalue weighted by atomic mass is 9.76. The normalized spacial score (nSPS) is 11.7. The molecule has 0 saturated carbocycles. The topological polar surface area (TPSA) is 80.9 Å². The Hall–Kier alpha value is -3.92. The summed E-state index contributed by atoms with van der Waals surface area (Å²) in [7, 11) is 0. The molecule has 0 fully saturated rings. The molecule has 0 unspecified atom stereocenters. The molecule has 0 aliphatic carbocycles. The number of phenolic OH excluding ortho intramolecular Hbond substituents is 4. The standard InChI is InChI=1S/C40H50O4/c1-7-10-12-27-18-26(4)39(44)33(19-27)21-30-25-38(43)31(20-29(30)13-11-8-2)22-32-24-35(15-17-37(32)42)40(5,6)34-14-16-36(41)28(9-3)23-34/h14-20,23-25,41-44H,7-13,21-22H2,1-6H3. The molecule has 4 aromatic rings. The van der Waals surface area contributed by atoms with Crippen molar-refractivity contribution in [2.75, 3.05) is 0 Å². The summed E-state index contributed by atoms with van der Waals surface area (Å²) in [6.07, 6.45) is 7.89. The summed E-state index contributed by atoms with van der Waals surface area (Å²) < 4.78 is 0. The molecule has 0 aliphatic rings. The van der Waals surface area contributed by atoms with E-state index < -0.39 is 0 Å². The smallest absolute Gasteiger partial charge is 0.122 e. The molecule has 0 saturated heterocycles. The Morgan fingerprint density at radius 1 is 0.545 bits per heavy atom. The number of aromatic hydroxyl groups is 4. The molecule has 4 aromatic carbocycles. The maximum absolute atomic E-state index is 11.3. The van der Waals surface area contributed by atoms with Gasteiger partial charge in [-0.1, -0.05) is 89.9 Å². The van der Waals surface area contributed by atoms with Gasteiger partial charge in [-0.25, -0.2) is 0 Å². The number of aryl methyl sites for hydroxylation is 4. The molecule has 4 N–H and O–H groups in total. The van der Waals surface area contributed by atoms with Gasteiger partial charge in [-0.15, -0.1) is 0 Å². The third-order valence-electron chi connectivity index (χ3n) is 9.20. The fraction of sp³-hybridized carbons (Fsp3) is 0.400. The third kappa shape index (κ3) is 7.41. The summed E-state index contributed by atoms with van der Waals surface area (Å²) in [4.78, 5) is 0. The largest absolute Gasteiger partial charge is 0.508 e. The minimum Gasteiger partial charge on any atom is -0.508 e. The molecule has 0 amide bonds. The fourth-order valence-corrected chi connectivity index (χ4v) is 6.18. The molecular formula is C40H50O4. The van der Waals surface area contributed by atoms with E-state index in [0.29, 0.717) is 24.3 Å². The zero-order valence-electron chi connectivity index (χ0n) is 27.4. The molecule has 4 rings (SSSR count). The van der Waals surface area contributed by atoms with Gasteiger partial charge in [-0.2, -0.15) is 0 Å². The van der Waals surface area contributed by atoms with E-state index in [4.69, 9.17) is 0 Å². The lowest BCUT2D eigenvalue weighted by Gasteiger charge is -2.28. The molecule has 0 heterocycles. The maximum atomic E-state index is 11.3. The van der Waals surface area contributed by atoms with Crippen molar-refractivity contribution in [1.29, 1.82) is 0 Å². The van der Waals surface area contributed by atoms with Crippen LogP contribution in [0, 0.1) is 6.92 Å². The molecule has 0 atom stereocenters. The summed E-state index contributed by atoms with van der Waals surface area (Å²) in [6.45, 7) is 12.7. The van der Waals surface area contributed by atoms with E-state index in [9.17, 15) is 20.4 Å². The third-order valence-corrected chi connectivity index (χ3v) is 9.20. The van der Waals surface area contributed by atoms with Gasteiger partial charge in [0.2, 0.25) is 0 Å². The van der Waals surface area contributed by atoms with Gasteiger partial charge < -0.3 is 20.4 Å². The highest BCUT2D eigenvalue weighted by molar-refractivity contribution is 5.52. The molecule has 0 spiro atoms. The predicted octanol–water partition coefficient (Wildman–Crippen LogP) is 9.57. The average molecular weight is 595 g/mol. The van der Waals surface area contributed by atoms with E-state index in [1.807, 2.05) is 38.1 Å².